The fourth-order valence-electron chi connectivity index (χ4n) is 6.81. The molecule has 3 atom stereocenters. The maximum Gasteiger partial charge on any atom is 0.326 e. The second-order valence-electron chi connectivity index (χ2n) is 13.2. The minimum absolute atomic E-state index is 0.0243. The Kier molecular flexibility index (Phi) is 15.6. The van der Waals surface area contributed by atoms with Gasteiger partial charge in [0, 0.05) is 13.0 Å². The Labute approximate surface area is 322 Å². The van der Waals surface area contributed by atoms with E-state index < -0.39 is 41.4 Å². The number of amides is 2. The Morgan fingerprint density at radius 2 is 1.29 bits per heavy atom. The summed E-state index contributed by atoms with van der Waals surface area (Å²) in [6.45, 7) is 0.587. The number of nitrogens with zero attached hydrogens (tertiary/aromatic N) is 2. The number of benzene rings is 4. The smallest absolute Gasteiger partial charge is 0.326 e. The SMILES string of the molecule is COc1ccc(C(c2ccccc2)(c2ccc(OC)cc2)N(C(=O)[C@H](N)CCCN=C(N)N)[C@@H](CCCCN)C(=O)N[C@@H](Cc2ccccc2)C(=O)O)cc1. The number of nitrogens with one attached hydrogen (secondary N) is 1. The number of unbranched alkanes of at least 4 members (excludes halogenated alkanes) is 1. The van der Waals surface area contributed by atoms with Gasteiger partial charge < -0.3 is 47.7 Å². The molecule has 0 spiro atoms. The topological polar surface area (TPSA) is 222 Å². The lowest BCUT2D eigenvalue weighted by Crippen LogP contribution is -2.64. The van der Waals surface area contributed by atoms with E-state index in [-0.39, 0.29) is 31.8 Å². The highest BCUT2D eigenvalue weighted by molar-refractivity contribution is 5.93. The summed E-state index contributed by atoms with van der Waals surface area (Å²) < 4.78 is 11.1. The number of carboxylic acids is 1. The number of hydrogen-bond acceptors (Lipinski definition) is 8. The molecule has 0 aromatic heterocycles. The first-order valence-corrected chi connectivity index (χ1v) is 18.3. The van der Waals surface area contributed by atoms with Crippen molar-refractivity contribution in [1.82, 2.24) is 10.2 Å². The van der Waals surface area contributed by atoms with E-state index in [4.69, 9.17) is 32.4 Å². The summed E-state index contributed by atoms with van der Waals surface area (Å²) in [5, 5.41) is 13.2. The molecule has 4 rings (SSSR count). The Balaban J connectivity index is 2.04. The molecule has 0 radical (unpaired) electrons. The summed E-state index contributed by atoms with van der Waals surface area (Å²) in [5.41, 5.74) is 25.0. The van der Waals surface area contributed by atoms with Gasteiger partial charge in [0.05, 0.1) is 20.3 Å². The van der Waals surface area contributed by atoms with Crippen molar-refractivity contribution < 1.29 is 29.0 Å². The summed E-state index contributed by atoms with van der Waals surface area (Å²) in [5.74, 6) is -1.32. The van der Waals surface area contributed by atoms with Gasteiger partial charge in [-0.25, -0.2) is 4.79 Å². The van der Waals surface area contributed by atoms with Gasteiger partial charge in [0.1, 0.15) is 29.1 Å². The Hall–Kier alpha value is -5.92. The van der Waals surface area contributed by atoms with Crippen LogP contribution in [0, 0.1) is 0 Å². The second-order valence-corrected chi connectivity index (χ2v) is 13.2. The van der Waals surface area contributed by atoms with Crippen LogP contribution in [0.2, 0.25) is 0 Å². The van der Waals surface area contributed by atoms with Crippen LogP contribution < -0.4 is 37.7 Å². The number of guanidine groups is 1. The normalized spacial score (nSPS) is 12.8. The zero-order chi connectivity index (χ0) is 39.8. The molecular weight excluding hydrogens is 699 g/mol. The summed E-state index contributed by atoms with van der Waals surface area (Å²) >= 11 is 0. The maximum absolute atomic E-state index is 15.4. The van der Waals surface area contributed by atoms with Crippen molar-refractivity contribution >= 4 is 23.7 Å². The largest absolute Gasteiger partial charge is 0.497 e. The van der Waals surface area contributed by atoms with E-state index in [1.54, 1.807) is 67.7 Å². The van der Waals surface area contributed by atoms with E-state index in [2.05, 4.69) is 10.3 Å². The van der Waals surface area contributed by atoms with E-state index in [0.717, 1.165) is 5.56 Å². The fourth-order valence-corrected chi connectivity index (χ4v) is 6.81. The second kappa shape index (κ2) is 20.5. The zero-order valence-corrected chi connectivity index (χ0v) is 31.5. The molecule has 55 heavy (non-hydrogen) atoms. The van der Waals surface area contributed by atoms with Gasteiger partial charge >= 0.3 is 5.97 Å². The van der Waals surface area contributed by atoms with E-state index in [1.165, 1.54) is 0 Å². The standard InChI is InChI=1S/C42H53N7O6/c1-54-33-22-18-31(19-23-33)42(30-14-7-4-8-15-30,32-20-24-34(55-2)25-21-32)49(39(51)35(44)16-11-27-47-41(45)46)37(17-9-10-26-43)38(50)48-36(40(52)53)28-29-12-5-3-6-13-29/h3-8,12-15,18-25,35-37H,9-11,16-17,26-28,43-44H2,1-2H3,(H,48,50)(H,52,53)(H4,45,46,47)/t35-,36+,37+/m1/s1. The minimum atomic E-state index is -1.50. The van der Waals surface area contributed by atoms with Crippen molar-refractivity contribution in [3.05, 3.63) is 131 Å². The molecular formula is C42H53N7O6. The van der Waals surface area contributed by atoms with Gasteiger partial charge in [-0.2, -0.15) is 0 Å². The average Bonchev–Trinajstić information content (AvgIpc) is 3.20. The number of rotatable bonds is 21. The van der Waals surface area contributed by atoms with Gasteiger partial charge in [0.2, 0.25) is 11.8 Å². The molecule has 0 unspecified atom stereocenters. The first-order chi connectivity index (χ1) is 26.6. The van der Waals surface area contributed by atoms with Crippen LogP contribution in [0.5, 0.6) is 11.5 Å². The molecule has 292 valence electrons. The summed E-state index contributed by atoms with van der Waals surface area (Å²) in [6, 6.07) is 29.3. The molecule has 0 saturated heterocycles. The highest BCUT2D eigenvalue weighted by Gasteiger charge is 2.50. The fraction of sp³-hybridized carbons (Fsp3) is 0.333. The number of aliphatic carboxylic acids is 1. The molecule has 4 aromatic carbocycles. The Morgan fingerprint density at radius 1 is 0.764 bits per heavy atom. The number of aliphatic imine (C=N–C) groups is 1. The van der Waals surface area contributed by atoms with Crippen LogP contribution in [0.3, 0.4) is 0 Å². The monoisotopic (exact) mass is 751 g/mol. The molecule has 0 aliphatic carbocycles. The van der Waals surface area contributed by atoms with Crippen molar-refractivity contribution in [2.24, 2.45) is 27.9 Å². The number of methoxy groups -OCH3 is 2. The zero-order valence-electron chi connectivity index (χ0n) is 31.5. The molecule has 10 N–H and O–H groups in total. The first kappa shape index (κ1) is 41.8. The molecule has 0 fully saturated rings. The number of hydrogen-bond donors (Lipinski definition) is 6. The minimum Gasteiger partial charge on any atom is -0.497 e. The van der Waals surface area contributed by atoms with Crippen LogP contribution in [-0.4, -0.2) is 79.2 Å². The summed E-state index contributed by atoms with van der Waals surface area (Å²) in [6.07, 6.45) is 1.73. The van der Waals surface area contributed by atoms with Crippen LogP contribution in [0.4, 0.5) is 0 Å². The van der Waals surface area contributed by atoms with Gasteiger partial charge in [-0.1, -0.05) is 84.9 Å². The third-order valence-corrected chi connectivity index (χ3v) is 9.53. The number of carbonyl (C=O) groups is 3. The molecule has 13 nitrogen and oxygen atoms in total. The van der Waals surface area contributed by atoms with Crippen molar-refractivity contribution in [2.45, 2.75) is 62.2 Å². The maximum atomic E-state index is 15.4. The van der Waals surface area contributed by atoms with E-state index in [0.29, 0.717) is 54.0 Å². The van der Waals surface area contributed by atoms with Crippen LogP contribution in [0.15, 0.2) is 114 Å². The lowest BCUT2D eigenvalue weighted by Gasteiger charge is -2.49. The molecule has 13 heteroatoms. The van der Waals surface area contributed by atoms with Gasteiger partial charge in [-0.05, 0) is 85.2 Å². The molecule has 4 aromatic rings. The lowest BCUT2D eigenvalue weighted by atomic mass is 9.73. The van der Waals surface area contributed by atoms with Crippen LogP contribution in [0.1, 0.15) is 54.4 Å². The molecule has 0 aliphatic heterocycles. The van der Waals surface area contributed by atoms with Gasteiger partial charge in [0.15, 0.2) is 5.96 Å². The predicted molar refractivity (Wildman–Crippen MR) is 213 cm³/mol. The van der Waals surface area contributed by atoms with E-state index in [1.807, 2.05) is 60.7 Å². The third-order valence-electron chi connectivity index (χ3n) is 9.53. The molecule has 2 amide bonds. The summed E-state index contributed by atoms with van der Waals surface area (Å²) in [7, 11) is 3.12. The lowest BCUT2D eigenvalue weighted by molar-refractivity contribution is -0.149. The Bertz CT molecular complexity index is 1790. The third kappa shape index (κ3) is 10.6. The van der Waals surface area contributed by atoms with Crippen LogP contribution >= 0.6 is 0 Å². The van der Waals surface area contributed by atoms with Crippen molar-refractivity contribution in [3.63, 3.8) is 0 Å². The number of carbonyl (C=O) groups excluding carboxylic acids is 2. The van der Waals surface area contributed by atoms with Gasteiger partial charge in [-0.3, -0.25) is 14.6 Å². The molecule has 0 aliphatic rings. The van der Waals surface area contributed by atoms with Gasteiger partial charge in [0.25, 0.3) is 0 Å². The molecule has 0 heterocycles. The molecule has 0 saturated carbocycles. The Morgan fingerprint density at radius 3 is 1.78 bits per heavy atom. The quantitative estimate of drug-likeness (QED) is 0.0315. The van der Waals surface area contributed by atoms with Crippen molar-refractivity contribution in [2.75, 3.05) is 27.3 Å². The van der Waals surface area contributed by atoms with Crippen LogP contribution in [-0.2, 0) is 26.3 Å². The first-order valence-electron chi connectivity index (χ1n) is 18.3. The van der Waals surface area contributed by atoms with Gasteiger partial charge in [-0.15, -0.1) is 0 Å². The van der Waals surface area contributed by atoms with Crippen molar-refractivity contribution in [1.29, 1.82) is 0 Å². The number of nitrogens with two attached hydrogens (primary N) is 4. The highest BCUT2D eigenvalue weighted by Crippen LogP contribution is 2.45. The summed E-state index contributed by atoms with van der Waals surface area (Å²) in [4.78, 5) is 48.7. The van der Waals surface area contributed by atoms with E-state index in [9.17, 15) is 14.7 Å². The van der Waals surface area contributed by atoms with Crippen LogP contribution in [0.25, 0.3) is 0 Å². The van der Waals surface area contributed by atoms with Crippen molar-refractivity contribution in [3.8, 4) is 11.5 Å². The predicted octanol–water partition coefficient (Wildman–Crippen LogP) is 3.51. The molecule has 0 bridgehead atoms. The average molecular weight is 752 g/mol. The highest BCUT2D eigenvalue weighted by atomic mass is 16.5. The van der Waals surface area contributed by atoms with E-state index >= 15 is 4.79 Å². The number of ether oxygens (including phenoxy) is 2. The number of carboxylic acid groups (broad SMARTS) is 1.